The van der Waals surface area contributed by atoms with Gasteiger partial charge in [-0.15, -0.1) is 0 Å². The molecule has 1 saturated heterocycles. The van der Waals surface area contributed by atoms with Crippen LogP contribution in [0, 0.1) is 16.7 Å². The third-order valence-electron chi connectivity index (χ3n) is 1.72. The molecule has 1 aliphatic heterocycles. The molecule has 0 spiro atoms. The third-order valence-corrected chi connectivity index (χ3v) is 1.72. The van der Waals surface area contributed by atoms with Crippen LogP contribution in [0.2, 0.25) is 0 Å². The van der Waals surface area contributed by atoms with Crippen molar-refractivity contribution in [2.75, 3.05) is 19.8 Å². The van der Waals surface area contributed by atoms with Crippen LogP contribution in [0.1, 0.15) is 6.92 Å². The lowest BCUT2D eigenvalue weighted by Gasteiger charge is -2.35. The largest absolute Gasteiger partial charge is 0.387 e. The first-order chi connectivity index (χ1) is 5.18. The van der Waals surface area contributed by atoms with Crippen LogP contribution in [-0.2, 0) is 4.74 Å². The van der Waals surface area contributed by atoms with Crippen molar-refractivity contribution in [2.45, 2.75) is 6.92 Å². The van der Waals surface area contributed by atoms with Crippen LogP contribution in [0.5, 0.6) is 0 Å². The highest BCUT2D eigenvalue weighted by Gasteiger charge is 2.38. The highest BCUT2D eigenvalue weighted by molar-refractivity contribution is 5.06. The lowest BCUT2D eigenvalue weighted by atomic mass is 9.88. The second-order valence-electron chi connectivity index (χ2n) is 3.02. The summed E-state index contributed by atoms with van der Waals surface area (Å²) in [6.45, 7) is 7.31. The summed E-state index contributed by atoms with van der Waals surface area (Å²) < 4.78 is 4.97. The molecule has 11 heavy (non-hydrogen) atoms. The molecule has 0 aromatic carbocycles. The van der Waals surface area contributed by atoms with Gasteiger partial charge in [0.25, 0.3) is 0 Å². The van der Waals surface area contributed by atoms with E-state index in [1.54, 1.807) is 0 Å². The zero-order valence-electron chi connectivity index (χ0n) is 6.68. The lowest BCUT2D eigenvalue weighted by Crippen LogP contribution is -2.48. The number of allylic oxidation sites excluding steroid dienone is 1. The first-order valence-corrected chi connectivity index (χ1v) is 3.57. The van der Waals surface area contributed by atoms with Crippen molar-refractivity contribution in [1.82, 2.24) is 5.32 Å². The Morgan fingerprint density at radius 1 is 1.82 bits per heavy atom. The molecule has 60 valence electrons. The van der Waals surface area contributed by atoms with Gasteiger partial charge in [0.2, 0.25) is 0 Å². The fourth-order valence-corrected chi connectivity index (χ4v) is 0.875. The minimum Gasteiger partial charge on any atom is -0.387 e. The fourth-order valence-electron chi connectivity index (χ4n) is 0.875. The standard InChI is InChI=1S/C8H12N2O/c1-7(2)10-4-8(3-9)5-11-6-8/h10H,1,4-6H2,2H3. The van der Waals surface area contributed by atoms with E-state index in [0.29, 0.717) is 19.8 Å². The number of rotatable bonds is 3. The molecule has 0 amide bonds. The molecule has 0 unspecified atom stereocenters. The van der Waals surface area contributed by atoms with E-state index in [2.05, 4.69) is 18.0 Å². The molecule has 0 saturated carbocycles. The van der Waals surface area contributed by atoms with Gasteiger partial charge in [-0.05, 0) is 6.92 Å². The van der Waals surface area contributed by atoms with Gasteiger partial charge in [0.1, 0.15) is 5.41 Å². The van der Waals surface area contributed by atoms with Gasteiger partial charge in [-0.2, -0.15) is 5.26 Å². The van der Waals surface area contributed by atoms with Crippen LogP contribution in [0.3, 0.4) is 0 Å². The van der Waals surface area contributed by atoms with E-state index < -0.39 is 0 Å². The maximum atomic E-state index is 8.75. The van der Waals surface area contributed by atoms with Crippen LogP contribution in [0.15, 0.2) is 12.3 Å². The molecular weight excluding hydrogens is 140 g/mol. The van der Waals surface area contributed by atoms with Crippen molar-refractivity contribution in [3.63, 3.8) is 0 Å². The Bertz CT molecular complexity index is 201. The van der Waals surface area contributed by atoms with Crippen molar-refractivity contribution in [1.29, 1.82) is 5.26 Å². The molecule has 0 aliphatic carbocycles. The van der Waals surface area contributed by atoms with Gasteiger partial charge in [-0.25, -0.2) is 0 Å². The van der Waals surface area contributed by atoms with Gasteiger partial charge in [0.15, 0.2) is 0 Å². The predicted molar refractivity (Wildman–Crippen MR) is 41.7 cm³/mol. The fraction of sp³-hybridized carbons (Fsp3) is 0.625. The van der Waals surface area contributed by atoms with E-state index in [9.17, 15) is 0 Å². The van der Waals surface area contributed by atoms with Crippen molar-refractivity contribution in [3.8, 4) is 6.07 Å². The Morgan fingerprint density at radius 2 is 2.45 bits per heavy atom. The summed E-state index contributed by atoms with van der Waals surface area (Å²) in [7, 11) is 0. The van der Waals surface area contributed by atoms with Crippen LogP contribution in [0.25, 0.3) is 0 Å². The SMILES string of the molecule is C=C(C)NCC1(C#N)COC1. The molecule has 1 N–H and O–H groups in total. The topological polar surface area (TPSA) is 45.0 Å². The summed E-state index contributed by atoms with van der Waals surface area (Å²) >= 11 is 0. The number of nitrogens with zero attached hydrogens (tertiary/aromatic N) is 1. The summed E-state index contributed by atoms with van der Waals surface area (Å²) in [5, 5.41) is 11.8. The number of hydrogen-bond acceptors (Lipinski definition) is 3. The molecule has 0 aromatic heterocycles. The van der Waals surface area contributed by atoms with E-state index in [1.165, 1.54) is 0 Å². The zero-order valence-corrected chi connectivity index (χ0v) is 6.68. The average Bonchev–Trinajstić information content (AvgIpc) is 1.86. The number of hydrogen-bond donors (Lipinski definition) is 1. The molecule has 0 atom stereocenters. The first kappa shape index (κ1) is 8.09. The van der Waals surface area contributed by atoms with Crippen molar-refractivity contribution >= 4 is 0 Å². The van der Waals surface area contributed by atoms with Gasteiger partial charge >= 0.3 is 0 Å². The lowest BCUT2D eigenvalue weighted by molar-refractivity contribution is -0.0743. The quantitative estimate of drug-likeness (QED) is 0.645. The van der Waals surface area contributed by atoms with E-state index >= 15 is 0 Å². The molecule has 3 heteroatoms. The molecule has 0 radical (unpaired) electrons. The van der Waals surface area contributed by atoms with E-state index in [1.807, 2.05) is 6.92 Å². The monoisotopic (exact) mass is 152 g/mol. The number of nitriles is 1. The molecule has 1 aliphatic rings. The average molecular weight is 152 g/mol. The molecule has 3 nitrogen and oxygen atoms in total. The van der Waals surface area contributed by atoms with Crippen LogP contribution >= 0.6 is 0 Å². The van der Waals surface area contributed by atoms with Gasteiger partial charge < -0.3 is 10.1 Å². The van der Waals surface area contributed by atoms with E-state index in [4.69, 9.17) is 10.00 Å². The highest BCUT2D eigenvalue weighted by Crippen LogP contribution is 2.25. The molecular formula is C8H12N2O. The Hall–Kier alpha value is -1.01. The van der Waals surface area contributed by atoms with Gasteiger partial charge in [0, 0.05) is 12.2 Å². The van der Waals surface area contributed by atoms with E-state index in [0.717, 1.165) is 5.70 Å². The normalized spacial score (nSPS) is 19.6. The molecule has 0 bridgehead atoms. The maximum absolute atomic E-state index is 8.75. The maximum Gasteiger partial charge on any atom is 0.121 e. The van der Waals surface area contributed by atoms with Gasteiger partial charge in [-0.3, -0.25) is 0 Å². The van der Waals surface area contributed by atoms with Crippen molar-refractivity contribution in [3.05, 3.63) is 12.3 Å². The zero-order chi connectivity index (χ0) is 8.32. The summed E-state index contributed by atoms with van der Waals surface area (Å²) in [5.41, 5.74) is 0.602. The molecule has 1 fully saturated rings. The Balaban J connectivity index is 2.35. The minimum absolute atomic E-state index is 0.293. The minimum atomic E-state index is -0.293. The first-order valence-electron chi connectivity index (χ1n) is 3.57. The number of nitrogens with one attached hydrogen (secondary N) is 1. The van der Waals surface area contributed by atoms with Crippen molar-refractivity contribution < 1.29 is 4.74 Å². The Labute approximate surface area is 66.7 Å². The van der Waals surface area contributed by atoms with Crippen LogP contribution in [-0.4, -0.2) is 19.8 Å². The summed E-state index contributed by atoms with van der Waals surface area (Å²) in [6, 6.07) is 2.24. The highest BCUT2D eigenvalue weighted by atomic mass is 16.5. The summed E-state index contributed by atoms with van der Waals surface area (Å²) in [4.78, 5) is 0. The second-order valence-corrected chi connectivity index (χ2v) is 3.02. The predicted octanol–water partition coefficient (Wildman–Crippen LogP) is 0.650. The molecule has 1 rings (SSSR count). The van der Waals surface area contributed by atoms with Crippen LogP contribution in [0.4, 0.5) is 0 Å². The van der Waals surface area contributed by atoms with Crippen LogP contribution < -0.4 is 5.32 Å². The van der Waals surface area contributed by atoms with Gasteiger partial charge in [-0.1, -0.05) is 6.58 Å². The van der Waals surface area contributed by atoms with Gasteiger partial charge in [0.05, 0.1) is 19.3 Å². The Morgan fingerprint density at radius 3 is 2.73 bits per heavy atom. The second kappa shape index (κ2) is 2.93. The molecule has 1 heterocycles. The Kier molecular flexibility index (Phi) is 2.16. The van der Waals surface area contributed by atoms with Crippen molar-refractivity contribution in [2.24, 2.45) is 5.41 Å². The van der Waals surface area contributed by atoms with E-state index in [-0.39, 0.29) is 5.41 Å². The molecule has 0 aromatic rings. The summed E-state index contributed by atoms with van der Waals surface area (Å²) in [6.07, 6.45) is 0. The third kappa shape index (κ3) is 1.72. The smallest absolute Gasteiger partial charge is 0.121 e. The summed E-state index contributed by atoms with van der Waals surface area (Å²) in [5.74, 6) is 0. The number of ether oxygens (including phenoxy) is 1.